The van der Waals surface area contributed by atoms with E-state index in [1.807, 2.05) is 19.1 Å². The van der Waals surface area contributed by atoms with Gasteiger partial charge >= 0.3 is 0 Å². The summed E-state index contributed by atoms with van der Waals surface area (Å²) in [6.07, 6.45) is 0.757. The molecule has 0 heterocycles. The minimum Gasteiger partial charge on any atom is -0.493 e. The lowest BCUT2D eigenvalue weighted by Crippen LogP contribution is -2.15. The van der Waals surface area contributed by atoms with E-state index in [1.54, 1.807) is 13.2 Å². The standard InChI is InChI=1S/C14H22N2O4/c1-11-4-5-12(14(15)16-17)13(10-11)20-7-3-6-19-9-8-18-2/h4-5,10,17H,3,6-9H2,1-2H3,(H2,15,16). The van der Waals surface area contributed by atoms with Gasteiger partial charge in [-0.1, -0.05) is 11.2 Å². The highest BCUT2D eigenvalue weighted by Gasteiger charge is 2.08. The zero-order valence-electron chi connectivity index (χ0n) is 12.0. The highest BCUT2D eigenvalue weighted by atomic mass is 16.5. The first-order valence-electron chi connectivity index (χ1n) is 6.47. The number of oxime groups is 1. The van der Waals surface area contributed by atoms with Crippen molar-refractivity contribution in [2.45, 2.75) is 13.3 Å². The molecule has 0 spiro atoms. The van der Waals surface area contributed by atoms with Crippen molar-refractivity contribution in [2.75, 3.05) is 33.5 Å². The molecule has 0 saturated heterocycles. The van der Waals surface area contributed by atoms with Gasteiger partial charge in [-0.25, -0.2) is 0 Å². The largest absolute Gasteiger partial charge is 0.493 e. The number of hydrogen-bond acceptors (Lipinski definition) is 5. The Kier molecular flexibility index (Phi) is 7.46. The van der Waals surface area contributed by atoms with E-state index in [0.717, 1.165) is 12.0 Å². The highest BCUT2D eigenvalue weighted by molar-refractivity contribution is 5.99. The predicted octanol–water partition coefficient (Wildman–Crippen LogP) is 1.52. The highest BCUT2D eigenvalue weighted by Crippen LogP contribution is 2.20. The van der Waals surface area contributed by atoms with Crippen LogP contribution in [0, 0.1) is 6.92 Å². The summed E-state index contributed by atoms with van der Waals surface area (Å²) >= 11 is 0. The lowest BCUT2D eigenvalue weighted by Gasteiger charge is -2.11. The number of nitrogens with two attached hydrogens (primary N) is 1. The Labute approximate surface area is 119 Å². The third-order valence-corrected chi connectivity index (χ3v) is 2.64. The van der Waals surface area contributed by atoms with Crippen molar-refractivity contribution in [2.24, 2.45) is 10.9 Å². The number of benzene rings is 1. The summed E-state index contributed by atoms with van der Waals surface area (Å²) in [5.41, 5.74) is 7.24. The third kappa shape index (κ3) is 5.46. The molecular weight excluding hydrogens is 260 g/mol. The average molecular weight is 282 g/mol. The second-order valence-electron chi connectivity index (χ2n) is 4.29. The SMILES string of the molecule is COCCOCCCOc1cc(C)ccc1/C(N)=N/O. The maximum Gasteiger partial charge on any atom is 0.173 e. The van der Waals surface area contributed by atoms with Crippen LogP contribution < -0.4 is 10.5 Å². The first-order chi connectivity index (χ1) is 9.69. The number of nitrogens with zero attached hydrogens (tertiary/aromatic N) is 1. The van der Waals surface area contributed by atoms with E-state index in [4.69, 9.17) is 25.2 Å². The van der Waals surface area contributed by atoms with Gasteiger partial charge in [-0.2, -0.15) is 0 Å². The molecule has 0 aliphatic rings. The van der Waals surface area contributed by atoms with Gasteiger partial charge in [0, 0.05) is 20.1 Å². The molecule has 1 aromatic carbocycles. The minimum atomic E-state index is 0.0383. The summed E-state index contributed by atoms with van der Waals surface area (Å²) in [6.45, 7) is 4.23. The maximum absolute atomic E-state index is 8.75. The lowest BCUT2D eigenvalue weighted by molar-refractivity contribution is 0.0644. The number of hydrogen-bond donors (Lipinski definition) is 2. The molecule has 0 aromatic heterocycles. The molecule has 0 amide bonds. The number of amidine groups is 1. The van der Waals surface area contributed by atoms with E-state index < -0.39 is 0 Å². The summed E-state index contributed by atoms with van der Waals surface area (Å²) in [7, 11) is 1.64. The van der Waals surface area contributed by atoms with E-state index in [-0.39, 0.29) is 5.84 Å². The van der Waals surface area contributed by atoms with E-state index in [9.17, 15) is 0 Å². The molecule has 1 rings (SSSR count). The number of methoxy groups -OCH3 is 1. The smallest absolute Gasteiger partial charge is 0.173 e. The molecule has 1 aromatic rings. The summed E-state index contributed by atoms with van der Waals surface area (Å²) in [5.74, 6) is 0.647. The Bertz CT molecular complexity index is 435. The Morgan fingerprint density at radius 2 is 2.05 bits per heavy atom. The van der Waals surface area contributed by atoms with Gasteiger partial charge in [0.25, 0.3) is 0 Å². The number of rotatable bonds is 9. The van der Waals surface area contributed by atoms with Gasteiger partial charge in [0.2, 0.25) is 0 Å². The molecule has 0 atom stereocenters. The van der Waals surface area contributed by atoms with Gasteiger partial charge in [-0.15, -0.1) is 0 Å². The van der Waals surface area contributed by atoms with Gasteiger partial charge in [-0.05, 0) is 24.6 Å². The second-order valence-corrected chi connectivity index (χ2v) is 4.29. The summed E-state index contributed by atoms with van der Waals surface area (Å²) < 4.78 is 15.9. The van der Waals surface area contributed by atoms with Crippen LogP contribution in [-0.2, 0) is 9.47 Å². The molecule has 6 heteroatoms. The molecule has 3 N–H and O–H groups in total. The van der Waals surface area contributed by atoms with Gasteiger partial charge in [0.1, 0.15) is 5.75 Å². The molecule has 0 bridgehead atoms. The fraction of sp³-hybridized carbons (Fsp3) is 0.500. The fourth-order valence-electron chi connectivity index (χ4n) is 1.60. The fourth-order valence-corrected chi connectivity index (χ4v) is 1.60. The molecule has 0 fully saturated rings. The van der Waals surface area contributed by atoms with E-state index in [0.29, 0.717) is 37.7 Å². The predicted molar refractivity (Wildman–Crippen MR) is 76.5 cm³/mol. The van der Waals surface area contributed by atoms with Gasteiger partial charge < -0.3 is 25.2 Å². The molecule has 112 valence electrons. The van der Waals surface area contributed by atoms with Crippen molar-refractivity contribution in [3.8, 4) is 5.75 Å². The van der Waals surface area contributed by atoms with Crippen molar-refractivity contribution in [3.63, 3.8) is 0 Å². The van der Waals surface area contributed by atoms with E-state index >= 15 is 0 Å². The Balaban J connectivity index is 2.44. The van der Waals surface area contributed by atoms with Crippen LogP contribution in [-0.4, -0.2) is 44.6 Å². The summed E-state index contributed by atoms with van der Waals surface area (Å²) in [4.78, 5) is 0. The van der Waals surface area contributed by atoms with Crippen LogP contribution in [0.3, 0.4) is 0 Å². The summed E-state index contributed by atoms with van der Waals surface area (Å²) in [6, 6.07) is 5.52. The van der Waals surface area contributed by atoms with Gasteiger partial charge in [0.05, 0.1) is 25.4 Å². The molecule has 0 unspecified atom stereocenters. The molecule has 0 radical (unpaired) electrons. The van der Waals surface area contributed by atoms with Crippen molar-refractivity contribution < 1.29 is 19.4 Å². The van der Waals surface area contributed by atoms with Crippen LogP contribution in [0.2, 0.25) is 0 Å². The molecule has 0 aliphatic carbocycles. The topological polar surface area (TPSA) is 86.3 Å². The van der Waals surface area contributed by atoms with Crippen molar-refractivity contribution in [3.05, 3.63) is 29.3 Å². The van der Waals surface area contributed by atoms with Gasteiger partial charge in [-0.3, -0.25) is 0 Å². The first kappa shape index (κ1) is 16.3. The van der Waals surface area contributed by atoms with Crippen LogP contribution in [0.5, 0.6) is 5.75 Å². The molecule has 6 nitrogen and oxygen atoms in total. The van der Waals surface area contributed by atoms with Crippen molar-refractivity contribution >= 4 is 5.84 Å². The number of ether oxygens (including phenoxy) is 3. The van der Waals surface area contributed by atoms with Crippen LogP contribution in [0.1, 0.15) is 17.5 Å². The Morgan fingerprint density at radius 3 is 2.75 bits per heavy atom. The minimum absolute atomic E-state index is 0.0383. The normalized spacial score (nSPS) is 11.6. The Morgan fingerprint density at radius 1 is 1.25 bits per heavy atom. The zero-order chi connectivity index (χ0) is 14.8. The van der Waals surface area contributed by atoms with Crippen LogP contribution in [0.4, 0.5) is 0 Å². The third-order valence-electron chi connectivity index (χ3n) is 2.64. The quantitative estimate of drug-likeness (QED) is 0.236. The second kappa shape index (κ2) is 9.17. The van der Waals surface area contributed by atoms with Crippen molar-refractivity contribution in [1.82, 2.24) is 0 Å². The summed E-state index contributed by atoms with van der Waals surface area (Å²) in [5, 5.41) is 11.8. The average Bonchev–Trinajstić information content (AvgIpc) is 2.45. The first-order valence-corrected chi connectivity index (χ1v) is 6.47. The maximum atomic E-state index is 8.75. The Hall–Kier alpha value is -1.79. The van der Waals surface area contributed by atoms with Crippen LogP contribution in [0.15, 0.2) is 23.4 Å². The van der Waals surface area contributed by atoms with Crippen LogP contribution >= 0.6 is 0 Å². The van der Waals surface area contributed by atoms with Crippen LogP contribution in [0.25, 0.3) is 0 Å². The zero-order valence-corrected chi connectivity index (χ0v) is 12.0. The molecule has 0 saturated carbocycles. The monoisotopic (exact) mass is 282 g/mol. The molecule has 0 aliphatic heterocycles. The number of aryl methyl sites for hydroxylation is 1. The van der Waals surface area contributed by atoms with Gasteiger partial charge in [0.15, 0.2) is 5.84 Å². The lowest BCUT2D eigenvalue weighted by atomic mass is 10.1. The molecule has 20 heavy (non-hydrogen) atoms. The van der Waals surface area contributed by atoms with E-state index in [1.165, 1.54) is 0 Å². The van der Waals surface area contributed by atoms with Crippen molar-refractivity contribution in [1.29, 1.82) is 0 Å². The molecular formula is C14H22N2O4. The van der Waals surface area contributed by atoms with E-state index in [2.05, 4.69) is 5.16 Å².